The summed E-state index contributed by atoms with van der Waals surface area (Å²) >= 11 is 3.54. The van der Waals surface area contributed by atoms with Crippen LogP contribution in [0.25, 0.3) is 0 Å². The van der Waals surface area contributed by atoms with Crippen molar-refractivity contribution in [3.05, 3.63) is 39.5 Å². The number of hydrogen-bond donors (Lipinski definition) is 1. The van der Waals surface area contributed by atoms with Gasteiger partial charge in [0.15, 0.2) is 0 Å². The molecule has 0 amide bonds. The fourth-order valence-corrected chi connectivity index (χ4v) is 2.25. The Kier molecular flexibility index (Phi) is 4.82. The molecule has 0 radical (unpaired) electrons. The molecule has 104 valence electrons. The molecule has 0 aliphatic heterocycles. The van der Waals surface area contributed by atoms with Gasteiger partial charge in [-0.05, 0) is 54.9 Å². The van der Waals surface area contributed by atoms with Crippen molar-refractivity contribution < 1.29 is 4.42 Å². The zero-order chi connectivity index (χ0) is 13.8. The molecule has 0 aliphatic rings. The highest BCUT2D eigenvalue weighted by atomic mass is 79.9. The molecule has 0 saturated heterocycles. The van der Waals surface area contributed by atoms with Crippen molar-refractivity contribution in [3.8, 4) is 0 Å². The lowest BCUT2D eigenvalue weighted by Gasteiger charge is -2.02. The van der Waals surface area contributed by atoms with Gasteiger partial charge < -0.3 is 9.73 Å². The Bertz CT molecular complexity index is 545. The second-order valence-corrected chi connectivity index (χ2v) is 5.48. The third-order valence-corrected chi connectivity index (χ3v) is 4.19. The molecule has 0 atom stereocenters. The van der Waals surface area contributed by atoms with Crippen LogP contribution in [0.15, 0.2) is 21.0 Å². The minimum absolute atomic E-state index is 0.673. The van der Waals surface area contributed by atoms with Crippen LogP contribution in [0.4, 0.5) is 0 Å². The molecule has 0 bridgehead atoms. The summed E-state index contributed by atoms with van der Waals surface area (Å²) in [6, 6.07) is 4.05. The summed E-state index contributed by atoms with van der Waals surface area (Å²) in [6.07, 6.45) is 1.13. The second-order valence-electron chi connectivity index (χ2n) is 4.69. The third kappa shape index (κ3) is 3.48. The molecule has 0 aliphatic carbocycles. The molecule has 1 N–H and O–H groups in total. The van der Waals surface area contributed by atoms with Crippen LogP contribution in [0, 0.1) is 13.8 Å². The molecule has 2 heterocycles. The minimum Gasteiger partial charge on any atom is -0.463 e. The summed E-state index contributed by atoms with van der Waals surface area (Å²) in [5.41, 5.74) is 2.13. The van der Waals surface area contributed by atoms with E-state index in [-0.39, 0.29) is 0 Å². The van der Waals surface area contributed by atoms with Crippen LogP contribution in [0.2, 0.25) is 0 Å². The van der Waals surface area contributed by atoms with Gasteiger partial charge in [-0.1, -0.05) is 6.92 Å². The summed E-state index contributed by atoms with van der Waals surface area (Å²) in [5.74, 6) is 1.91. The molecule has 4 nitrogen and oxygen atoms in total. The fraction of sp³-hybridized carbons (Fsp3) is 0.500. The van der Waals surface area contributed by atoms with Crippen molar-refractivity contribution >= 4 is 15.9 Å². The number of hydrogen-bond acceptors (Lipinski definition) is 3. The number of furan rings is 1. The maximum Gasteiger partial charge on any atom is 0.125 e. The van der Waals surface area contributed by atoms with Gasteiger partial charge in [-0.15, -0.1) is 0 Å². The van der Waals surface area contributed by atoms with Crippen LogP contribution in [-0.2, 0) is 13.1 Å². The summed E-state index contributed by atoms with van der Waals surface area (Å²) in [5, 5.41) is 7.81. The first-order valence-electron chi connectivity index (χ1n) is 6.59. The number of aromatic nitrogens is 2. The van der Waals surface area contributed by atoms with E-state index in [0.717, 1.165) is 46.9 Å². The average Bonchev–Trinajstić information content (AvgIpc) is 2.92. The Balaban J connectivity index is 2.01. The quantitative estimate of drug-likeness (QED) is 0.828. The molecule has 5 heteroatoms. The van der Waals surface area contributed by atoms with Crippen LogP contribution in [0.1, 0.15) is 36.3 Å². The van der Waals surface area contributed by atoms with Gasteiger partial charge in [-0.3, -0.25) is 4.68 Å². The lowest BCUT2D eigenvalue weighted by Crippen LogP contribution is -2.13. The Labute approximate surface area is 122 Å². The van der Waals surface area contributed by atoms with E-state index in [1.54, 1.807) is 0 Å². The van der Waals surface area contributed by atoms with Gasteiger partial charge in [0, 0.05) is 0 Å². The number of aryl methyl sites for hydroxylation is 1. The summed E-state index contributed by atoms with van der Waals surface area (Å²) < 4.78 is 8.83. The van der Waals surface area contributed by atoms with Crippen LogP contribution in [0.3, 0.4) is 0 Å². The van der Waals surface area contributed by atoms with Gasteiger partial charge >= 0.3 is 0 Å². The van der Waals surface area contributed by atoms with Gasteiger partial charge in [0.1, 0.15) is 11.5 Å². The molecular weight excluding hydrogens is 306 g/mol. The molecule has 2 rings (SSSR count). The van der Waals surface area contributed by atoms with E-state index in [9.17, 15) is 0 Å². The van der Waals surface area contributed by atoms with Crippen LogP contribution in [-0.4, -0.2) is 16.3 Å². The molecule has 0 fully saturated rings. The van der Waals surface area contributed by atoms with E-state index < -0.39 is 0 Å². The van der Waals surface area contributed by atoms with Crippen molar-refractivity contribution in [2.75, 3.05) is 6.54 Å². The minimum atomic E-state index is 0.673. The summed E-state index contributed by atoms with van der Waals surface area (Å²) in [7, 11) is 0. The lowest BCUT2D eigenvalue weighted by molar-refractivity contribution is 0.428. The molecular formula is C14H20BrN3O. The molecule has 0 aromatic carbocycles. The number of halogens is 1. The maximum absolute atomic E-state index is 5.80. The summed E-state index contributed by atoms with van der Waals surface area (Å²) in [4.78, 5) is 0. The smallest absolute Gasteiger partial charge is 0.125 e. The largest absolute Gasteiger partial charge is 0.463 e. The first kappa shape index (κ1) is 14.3. The van der Waals surface area contributed by atoms with Crippen molar-refractivity contribution in [1.82, 2.24) is 15.1 Å². The molecule has 0 spiro atoms. The second kappa shape index (κ2) is 6.39. The topological polar surface area (TPSA) is 43.0 Å². The number of nitrogens with zero attached hydrogens (tertiary/aromatic N) is 2. The van der Waals surface area contributed by atoms with Crippen LogP contribution in [0.5, 0.6) is 0 Å². The first-order valence-corrected chi connectivity index (χ1v) is 7.39. The zero-order valence-corrected chi connectivity index (χ0v) is 13.2. The van der Waals surface area contributed by atoms with E-state index in [1.807, 2.05) is 23.7 Å². The number of rotatable bonds is 6. The number of nitrogens with one attached hydrogen (secondary N) is 1. The van der Waals surface area contributed by atoms with Crippen LogP contribution >= 0.6 is 15.9 Å². The normalized spacial score (nSPS) is 11.2. The van der Waals surface area contributed by atoms with E-state index in [1.165, 1.54) is 0 Å². The van der Waals surface area contributed by atoms with Crippen molar-refractivity contribution in [2.24, 2.45) is 0 Å². The maximum atomic E-state index is 5.80. The molecule has 19 heavy (non-hydrogen) atoms. The summed E-state index contributed by atoms with van der Waals surface area (Å²) in [6.45, 7) is 8.68. The molecule has 2 aromatic rings. The van der Waals surface area contributed by atoms with E-state index in [2.05, 4.69) is 40.2 Å². The monoisotopic (exact) mass is 325 g/mol. The fourth-order valence-electron chi connectivity index (χ4n) is 1.97. The highest BCUT2D eigenvalue weighted by Crippen LogP contribution is 2.21. The zero-order valence-electron chi connectivity index (χ0n) is 11.7. The lowest BCUT2D eigenvalue weighted by atomic mass is 10.4. The van der Waals surface area contributed by atoms with E-state index >= 15 is 0 Å². The molecule has 2 aromatic heterocycles. The SMILES string of the molecule is CCCNCc1ccc(Cn2nc(C)c(Br)c2C)o1. The van der Waals surface area contributed by atoms with E-state index in [0.29, 0.717) is 6.54 Å². The average molecular weight is 326 g/mol. The predicted octanol–water partition coefficient (Wildman–Crippen LogP) is 3.40. The van der Waals surface area contributed by atoms with Gasteiger partial charge in [-0.2, -0.15) is 5.10 Å². The third-order valence-electron chi connectivity index (χ3n) is 3.04. The van der Waals surface area contributed by atoms with E-state index in [4.69, 9.17) is 4.42 Å². The Morgan fingerprint density at radius 3 is 2.68 bits per heavy atom. The molecule has 0 unspecified atom stereocenters. The Morgan fingerprint density at radius 1 is 1.32 bits per heavy atom. The Morgan fingerprint density at radius 2 is 2.05 bits per heavy atom. The standard InChI is InChI=1S/C14H20BrN3O/c1-4-7-16-8-12-5-6-13(19-12)9-18-11(3)14(15)10(2)17-18/h5-6,16H,4,7-9H2,1-3H3. The van der Waals surface area contributed by atoms with Gasteiger partial charge in [0.2, 0.25) is 0 Å². The molecule has 0 saturated carbocycles. The van der Waals surface area contributed by atoms with Crippen molar-refractivity contribution in [1.29, 1.82) is 0 Å². The van der Waals surface area contributed by atoms with Crippen molar-refractivity contribution in [3.63, 3.8) is 0 Å². The predicted molar refractivity (Wildman–Crippen MR) is 79.2 cm³/mol. The Hall–Kier alpha value is -1.07. The highest BCUT2D eigenvalue weighted by Gasteiger charge is 2.10. The van der Waals surface area contributed by atoms with Gasteiger partial charge in [0.25, 0.3) is 0 Å². The van der Waals surface area contributed by atoms with Gasteiger partial charge in [0.05, 0.1) is 29.0 Å². The van der Waals surface area contributed by atoms with Crippen molar-refractivity contribution in [2.45, 2.75) is 40.3 Å². The highest BCUT2D eigenvalue weighted by molar-refractivity contribution is 9.10. The van der Waals surface area contributed by atoms with Crippen LogP contribution < -0.4 is 5.32 Å². The van der Waals surface area contributed by atoms with Gasteiger partial charge in [-0.25, -0.2) is 0 Å². The first-order chi connectivity index (χ1) is 9.11.